The molecule has 0 aliphatic rings. The molecular formula is C18H22O2. The zero-order valence-electron chi connectivity index (χ0n) is 11.8. The lowest BCUT2D eigenvalue weighted by molar-refractivity contribution is 0.260. The molecule has 106 valence electrons. The van der Waals surface area contributed by atoms with Crippen LogP contribution in [0.2, 0.25) is 0 Å². The molecule has 2 rings (SSSR count). The fourth-order valence-corrected chi connectivity index (χ4v) is 2.21. The van der Waals surface area contributed by atoms with E-state index in [9.17, 15) is 5.11 Å². The molecule has 1 N–H and O–H groups in total. The Morgan fingerprint density at radius 3 is 2.35 bits per heavy atom. The summed E-state index contributed by atoms with van der Waals surface area (Å²) in [4.78, 5) is 0. The molecule has 0 heterocycles. The molecule has 20 heavy (non-hydrogen) atoms. The lowest BCUT2D eigenvalue weighted by Crippen LogP contribution is -2.00. The van der Waals surface area contributed by atoms with Crippen LogP contribution >= 0.6 is 0 Å². The van der Waals surface area contributed by atoms with Crippen molar-refractivity contribution >= 4 is 0 Å². The quantitative estimate of drug-likeness (QED) is 0.735. The van der Waals surface area contributed by atoms with Crippen LogP contribution in [0.5, 0.6) is 5.75 Å². The molecule has 0 saturated heterocycles. The summed E-state index contributed by atoms with van der Waals surface area (Å²) in [6.07, 6.45) is 4.53. The van der Waals surface area contributed by atoms with Crippen LogP contribution in [0.1, 0.15) is 30.4 Å². The Kier molecular flexibility index (Phi) is 6.12. The van der Waals surface area contributed by atoms with Crippen molar-refractivity contribution in [2.45, 2.75) is 32.3 Å². The third-order valence-corrected chi connectivity index (χ3v) is 3.35. The maximum absolute atomic E-state index is 9.21. The largest absolute Gasteiger partial charge is 0.493 e. The molecule has 0 spiro atoms. The zero-order chi connectivity index (χ0) is 14.0. The van der Waals surface area contributed by atoms with Gasteiger partial charge < -0.3 is 9.84 Å². The summed E-state index contributed by atoms with van der Waals surface area (Å²) in [5.41, 5.74) is 2.26. The van der Waals surface area contributed by atoms with E-state index in [2.05, 4.69) is 30.3 Å². The number of hydrogen-bond donors (Lipinski definition) is 1. The summed E-state index contributed by atoms with van der Waals surface area (Å²) in [5.74, 6) is 0.804. The predicted molar refractivity (Wildman–Crippen MR) is 81.9 cm³/mol. The summed E-state index contributed by atoms with van der Waals surface area (Å²) in [7, 11) is 0. The van der Waals surface area contributed by atoms with E-state index in [1.807, 2.05) is 24.3 Å². The SMILES string of the molecule is OCc1ccccc1OCCCCCc1ccccc1. The Morgan fingerprint density at radius 1 is 0.800 bits per heavy atom. The second kappa shape index (κ2) is 8.39. The van der Waals surface area contributed by atoms with Gasteiger partial charge in [-0.25, -0.2) is 0 Å². The Labute approximate surface area is 121 Å². The predicted octanol–water partition coefficient (Wildman–Crippen LogP) is 3.97. The molecule has 0 aromatic heterocycles. The molecular weight excluding hydrogens is 248 g/mol. The third kappa shape index (κ3) is 4.71. The maximum atomic E-state index is 9.21. The highest BCUT2D eigenvalue weighted by atomic mass is 16.5. The molecule has 0 atom stereocenters. The highest BCUT2D eigenvalue weighted by molar-refractivity contribution is 5.32. The van der Waals surface area contributed by atoms with Crippen LogP contribution in [0.4, 0.5) is 0 Å². The fraction of sp³-hybridized carbons (Fsp3) is 0.333. The molecule has 0 fully saturated rings. The van der Waals surface area contributed by atoms with E-state index in [1.165, 1.54) is 12.0 Å². The number of benzene rings is 2. The Bertz CT molecular complexity index is 494. The first-order valence-corrected chi connectivity index (χ1v) is 7.25. The van der Waals surface area contributed by atoms with Crippen LogP contribution in [0.15, 0.2) is 54.6 Å². The normalized spacial score (nSPS) is 10.4. The smallest absolute Gasteiger partial charge is 0.124 e. The van der Waals surface area contributed by atoms with Gasteiger partial charge in [0, 0.05) is 5.56 Å². The molecule has 2 aromatic rings. The van der Waals surface area contributed by atoms with E-state index < -0.39 is 0 Å². The van der Waals surface area contributed by atoms with Crippen LogP contribution in [-0.4, -0.2) is 11.7 Å². The second-order valence-electron chi connectivity index (χ2n) is 4.91. The Balaban J connectivity index is 1.62. The zero-order valence-corrected chi connectivity index (χ0v) is 11.8. The monoisotopic (exact) mass is 270 g/mol. The number of rotatable bonds is 8. The van der Waals surface area contributed by atoms with Crippen LogP contribution in [0.3, 0.4) is 0 Å². The topological polar surface area (TPSA) is 29.5 Å². The lowest BCUT2D eigenvalue weighted by Gasteiger charge is -2.09. The van der Waals surface area contributed by atoms with Crippen LogP contribution in [0.25, 0.3) is 0 Å². The van der Waals surface area contributed by atoms with E-state index in [-0.39, 0.29) is 6.61 Å². The second-order valence-corrected chi connectivity index (χ2v) is 4.91. The van der Waals surface area contributed by atoms with Gasteiger partial charge in [-0.3, -0.25) is 0 Å². The molecule has 2 nitrogen and oxygen atoms in total. The highest BCUT2D eigenvalue weighted by Gasteiger charge is 2.00. The van der Waals surface area contributed by atoms with E-state index in [4.69, 9.17) is 4.74 Å². The van der Waals surface area contributed by atoms with Crippen molar-refractivity contribution in [1.82, 2.24) is 0 Å². The Hall–Kier alpha value is -1.80. The van der Waals surface area contributed by atoms with Gasteiger partial charge in [0.25, 0.3) is 0 Å². The van der Waals surface area contributed by atoms with E-state index >= 15 is 0 Å². The molecule has 0 bridgehead atoms. The van der Waals surface area contributed by atoms with Crippen LogP contribution in [-0.2, 0) is 13.0 Å². The minimum Gasteiger partial charge on any atom is -0.493 e. The van der Waals surface area contributed by atoms with Gasteiger partial charge in [-0.1, -0.05) is 48.5 Å². The summed E-state index contributed by atoms with van der Waals surface area (Å²) < 4.78 is 5.72. The summed E-state index contributed by atoms with van der Waals surface area (Å²) in [5, 5.41) is 9.21. The number of aliphatic hydroxyl groups is 1. The van der Waals surface area contributed by atoms with Gasteiger partial charge >= 0.3 is 0 Å². The van der Waals surface area contributed by atoms with Crippen molar-refractivity contribution in [3.8, 4) is 5.75 Å². The van der Waals surface area contributed by atoms with E-state index in [0.717, 1.165) is 30.6 Å². The number of para-hydroxylation sites is 1. The van der Waals surface area contributed by atoms with Crippen LogP contribution in [0, 0.1) is 0 Å². The van der Waals surface area contributed by atoms with Crippen molar-refractivity contribution in [3.63, 3.8) is 0 Å². The molecule has 0 saturated carbocycles. The van der Waals surface area contributed by atoms with Gasteiger partial charge in [-0.05, 0) is 37.3 Å². The first kappa shape index (κ1) is 14.6. The maximum Gasteiger partial charge on any atom is 0.124 e. The number of ether oxygens (including phenoxy) is 1. The first-order chi connectivity index (χ1) is 9.90. The first-order valence-electron chi connectivity index (χ1n) is 7.25. The fourth-order valence-electron chi connectivity index (χ4n) is 2.21. The minimum atomic E-state index is 0.0319. The van der Waals surface area contributed by atoms with Gasteiger partial charge in [-0.15, -0.1) is 0 Å². The van der Waals surface area contributed by atoms with Crippen LogP contribution < -0.4 is 4.74 Å². The summed E-state index contributed by atoms with van der Waals surface area (Å²) in [6, 6.07) is 18.2. The number of aryl methyl sites for hydroxylation is 1. The molecule has 0 amide bonds. The van der Waals surface area contributed by atoms with E-state index in [1.54, 1.807) is 0 Å². The van der Waals surface area contributed by atoms with Gasteiger partial charge in [0.1, 0.15) is 5.75 Å². The summed E-state index contributed by atoms with van der Waals surface area (Å²) in [6.45, 7) is 0.746. The van der Waals surface area contributed by atoms with Crippen molar-refractivity contribution in [1.29, 1.82) is 0 Å². The third-order valence-electron chi connectivity index (χ3n) is 3.35. The minimum absolute atomic E-state index is 0.0319. The van der Waals surface area contributed by atoms with Crippen molar-refractivity contribution in [3.05, 3.63) is 65.7 Å². The number of hydrogen-bond acceptors (Lipinski definition) is 2. The summed E-state index contributed by atoms with van der Waals surface area (Å²) >= 11 is 0. The molecule has 2 heteroatoms. The van der Waals surface area contributed by atoms with Crippen molar-refractivity contribution in [2.24, 2.45) is 0 Å². The number of unbranched alkanes of at least 4 members (excludes halogenated alkanes) is 2. The molecule has 0 radical (unpaired) electrons. The molecule has 0 unspecified atom stereocenters. The molecule has 0 aliphatic carbocycles. The highest BCUT2D eigenvalue weighted by Crippen LogP contribution is 2.18. The Morgan fingerprint density at radius 2 is 1.55 bits per heavy atom. The average molecular weight is 270 g/mol. The van der Waals surface area contributed by atoms with Crippen molar-refractivity contribution in [2.75, 3.05) is 6.61 Å². The average Bonchev–Trinajstić information content (AvgIpc) is 2.52. The lowest BCUT2D eigenvalue weighted by atomic mass is 10.1. The molecule has 2 aromatic carbocycles. The van der Waals surface area contributed by atoms with Gasteiger partial charge in [0.2, 0.25) is 0 Å². The number of aliphatic hydroxyl groups excluding tert-OH is 1. The van der Waals surface area contributed by atoms with E-state index in [0.29, 0.717) is 6.61 Å². The van der Waals surface area contributed by atoms with Gasteiger partial charge in [0.05, 0.1) is 13.2 Å². The molecule has 0 aliphatic heterocycles. The van der Waals surface area contributed by atoms with Crippen molar-refractivity contribution < 1.29 is 9.84 Å². The van der Waals surface area contributed by atoms with Gasteiger partial charge in [-0.2, -0.15) is 0 Å². The van der Waals surface area contributed by atoms with Gasteiger partial charge in [0.15, 0.2) is 0 Å². The standard InChI is InChI=1S/C18H22O2/c19-15-17-12-6-7-13-18(17)20-14-8-2-5-11-16-9-3-1-4-10-16/h1,3-4,6-7,9-10,12-13,19H,2,5,8,11,14-15H2.